The lowest BCUT2D eigenvalue weighted by atomic mass is 10.3. The van der Waals surface area contributed by atoms with E-state index in [2.05, 4.69) is 26.1 Å². The first-order chi connectivity index (χ1) is 9.02. The first-order valence-corrected chi connectivity index (χ1v) is 6.12. The zero-order valence-corrected chi connectivity index (χ0v) is 11.4. The van der Waals surface area contributed by atoms with E-state index >= 15 is 0 Å². The van der Waals surface area contributed by atoms with E-state index in [9.17, 15) is 9.59 Å². The van der Waals surface area contributed by atoms with Gasteiger partial charge in [0.2, 0.25) is 5.91 Å². The molecule has 1 rings (SSSR count). The molecule has 0 aliphatic rings. The molecule has 0 atom stereocenters. The van der Waals surface area contributed by atoms with E-state index in [1.54, 1.807) is 19.2 Å². The normalized spacial score (nSPS) is 10.1. The van der Waals surface area contributed by atoms with Crippen LogP contribution in [0.4, 0.5) is 5.82 Å². The topological polar surface area (TPSA) is 96.0 Å². The van der Waals surface area contributed by atoms with Crippen LogP contribution in [0.2, 0.25) is 0 Å². The number of amides is 2. The van der Waals surface area contributed by atoms with E-state index in [-0.39, 0.29) is 36.5 Å². The second-order valence-electron chi connectivity index (χ2n) is 4.28. The monoisotopic (exact) mass is 265 g/mol. The van der Waals surface area contributed by atoms with Crippen LogP contribution in [0.5, 0.6) is 0 Å². The Morgan fingerprint density at radius 2 is 2.00 bits per heavy atom. The summed E-state index contributed by atoms with van der Waals surface area (Å²) in [6.45, 7) is 4.04. The van der Waals surface area contributed by atoms with E-state index in [1.165, 1.54) is 0 Å². The molecule has 2 amide bonds. The van der Waals surface area contributed by atoms with Crippen LogP contribution in [-0.4, -0.2) is 41.6 Å². The van der Waals surface area contributed by atoms with Gasteiger partial charge in [0.05, 0.1) is 0 Å². The third-order valence-corrected chi connectivity index (χ3v) is 2.24. The highest BCUT2D eigenvalue weighted by Crippen LogP contribution is 2.00. The van der Waals surface area contributed by atoms with Gasteiger partial charge in [0, 0.05) is 26.1 Å². The van der Waals surface area contributed by atoms with Crippen molar-refractivity contribution in [2.75, 3.05) is 18.9 Å². The molecule has 0 radical (unpaired) electrons. The summed E-state index contributed by atoms with van der Waals surface area (Å²) in [4.78, 5) is 23.0. The molecular formula is C12H19N5O2. The van der Waals surface area contributed by atoms with Gasteiger partial charge in [0.1, 0.15) is 5.82 Å². The molecule has 0 aliphatic heterocycles. The summed E-state index contributed by atoms with van der Waals surface area (Å²) in [6.07, 6.45) is 0.242. The molecule has 0 aliphatic carbocycles. The molecule has 1 aromatic rings. The minimum absolute atomic E-state index is 0.0908. The van der Waals surface area contributed by atoms with E-state index in [0.29, 0.717) is 5.82 Å². The predicted molar refractivity (Wildman–Crippen MR) is 71.8 cm³/mol. The van der Waals surface area contributed by atoms with Gasteiger partial charge >= 0.3 is 0 Å². The smallest absolute Gasteiger partial charge is 0.271 e. The molecule has 7 heteroatoms. The van der Waals surface area contributed by atoms with Gasteiger partial charge in [0.15, 0.2) is 5.69 Å². The molecule has 3 N–H and O–H groups in total. The standard InChI is InChI=1S/C12H19N5O2/c1-8(2)15-11(18)6-7-14-12(19)9-4-5-10(13-3)17-16-9/h4-5,8H,6-7H2,1-3H3,(H,13,17)(H,14,19)(H,15,18). The molecule has 0 aromatic carbocycles. The van der Waals surface area contributed by atoms with E-state index < -0.39 is 0 Å². The number of aromatic nitrogens is 2. The molecule has 0 saturated heterocycles. The molecule has 0 spiro atoms. The van der Waals surface area contributed by atoms with Crippen LogP contribution < -0.4 is 16.0 Å². The van der Waals surface area contributed by atoms with Gasteiger partial charge in [-0.2, -0.15) is 0 Å². The zero-order chi connectivity index (χ0) is 14.3. The van der Waals surface area contributed by atoms with Gasteiger partial charge in [-0.25, -0.2) is 0 Å². The summed E-state index contributed by atoms with van der Waals surface area (Å²) >= 11 is 0. The van der Waals surface area contributed by atoms with Crippen molar-refractivity contribution in [3.63, 3.8) is 0 Å². The Bertz CT molecular complexity index is 430. The lowest BCUT2D eigenvalue weighted by Crippen LogP contribution is -2.34. The van der Waals surface area contributed by atoms with Crippen LogP contribution in [0.25, 0.3) is 0 Å². The fourth-order valence-corrected chi connectivity index (χ4v) is 1.36. The molecular weight excluding hydrogens is 246 g/mol. The van der Waals surface area contributed by atoms with Crippen LogP contribution in [-0.2, 0) is 4.79 Å². The first-order valence-electron chi connectivity index (χ1n) is 6.12. The average molecular weight is 265 g/mol. The second kappa shape index (κ2) is 7.30. The van der Waals surface area contributed by atoms with Crippen molar-refractivity contribution in [3.8, 4) is 0 Å². The summed E-state index contributed by atoms with van der Waals surface area (Å²) in [5, 5.41) is 15.7. The van der Waals surface area contributed by atoms with E-state index in [1.807, 2.05) is 13.8 Å². The minimum Gasteiger partial charge on any atom is -0.372 e. The molecule has 19 heavy (non-hydrogen) atoms. The summed E-state index contributed by atoms with van der Waals surface area (Å²) in [5.74, 6) is 0.160. The van der Waals surface area contributed by atoms with Crippen molar-refractivity contribution in [1.82, 2.24) is 20.8 Å². The minimum atomic E-state index is -0.340. The Hall–Kier alpha value is -2.18. The molecule has 0 fully saturated rings. The van der Waals surface area contributed by atoms with Gasteiger partial charge in [-0.15, -0.1) is 10.2 Å². The first kappa shape index (κ1) is 14.9. The Balaban J connectivity index is 2.36. The molecule has 104 valence electrons. The third-order valence-electron chi connectivity index (χ3n) is 2.24. The Labute approximate surface area is 112 Å². The van der Waals surface area contributed by atoms with Crippen molar-refractivity contribution in [2.24, 2.45) is 0 Å². The fraction of sp³-hybridized carbons (Fsp3) is 0.500. The van der Waals surface area contributed by atoms with Gasteiger partial charge < -0.3 is 16.0 Å². The lowest BCUT2D eigenvalue weighted by Gasteiger charge is -2.08. The van der Waals surface area contributed by atoms with Crippen molar-refractivity contribution >= 4 is 17.6 Å². The number of nitrogens with one attached hydrogen (secondary N) is 3. The van der Waals surface area contributed by atoms with E-state index in [4.69, 9.17) is 0 Å². The fourth-order valence-electron chi connectivity index (χ4n) is 1.36. The maximum absolute atomic E-state index is 11.7. The lowest BCUT2D eigenvalue weighted by molar-refractivity contribution is -0.121. The predicted octanol–water partition coefficient (Wildman–Crippen LogP) is 0.163. The number of rotatable bonds is 6. The SMILES string of the molecule is CNc1ccc(C(=O)NCCC(=O)NC(C)C)nn1. The highest BCUT2D eigenvalue weighted by atomic mass is 16.2. The molecule has 0 saturated carbocycles. The summed E-state index contributed by atoms with van der Waals surface area (Å²) in [6, 6.07) is 3.33. The summed E-state index contributed by atoms with van der Waals surface area (Å²) in [7, 11) is 1.72. The third kappa shape index (κ3) is 5.33. The van der Waals surface area contributed by atoms with Gasteiger partial charge in [-0.1, -0.05) is 0 Å². The van der Waals surface area contributed by atoms with Crippen molar-refractivity contribution in [1.29, 1.82) is 0 Å². The quantitative estimate of drug-likeness (QED) is 0.681. The summed E-state index contributed by atoms with van der Waals surface area (Å²) in [5.41, 5.74) is 0.225. The van der Waals surface area contributed by atoms with Crippen LogP contribution in [0.15, 0.2) is 12.1 Å². The Morgan fingerprint density at radius 3 is 2.53 bits per heavy atom. The maximum atomic E-state index is 11.7. The van der Waals surface area contributed by atoms with Crippen molar-refractivity contribution in [2.45, 2.75) is 26.3 Å². The van der Waals surface area contributed by atoms with E-state index in [0.717, 1.165) is 0 Å². The molecule has 0 unspecified atom stereocenters. The Morgan fingerprint density at radius 1 is 1.26 bits per heavy atom. The van der Waals surface area contributed by atoms with Crippen LogP contribution in [0.3, 0.4) is 0 Å². The van der Waals surface area contributed by atoms with Crippen LogP contribution in [0, 0.1) is 0 Å². The Kier molecular flexibility index (Phi) is 5.72. The highest BCUT2D eigenvalue weighted by molar-refractivity contribution is 5.92. The number of carbonyl (C=O) groups is 2. The number of hydrogen-bond acceptors (Lipinski definition) is 5. The number of anilines is 1. The number of carbonyl (C=O) groups excluding carboxylic acids is 2. The van der Waals surface area contributed by atoms with Gasteiger partial charge in [0.25, 0.3) is 5.91 Å². The average Bonchev–Trinajstić information content (AvgIpc) is 2.37. The van der Waals surface area contributed by atoms with Crippen LogP contribution >= 0.6 is 0 Å². The number of nitrogens with zero attached hydrogens (tertiary/aromatic N) is 2. The van der Waals surface area contributed by atoms with Crippen molar-refractivity contribution in [3.05, 3.63) is 17.8 Å². The maximum Gasteiger partial charge on any atom is 0.271 e. The van der Waals surface area contributed by atoms with Crippen molar-refractivity contribution < 1.29 is 9.59 Å². The molecule has 1 aromatic heterocycles. The number of hydrogen-bond donors (Lipinski definition) is 3. The van der Waals surface area contributed by atoms with Crippen LogP contribution in [0.1, 0.15) is 30.8 Å². The van der Waals surface area contributed by atoms with Gasteiger partial charge in [-0.05, 0) is 26.0 Å². The second-order valence-corrected chi connectivity index (χ2v) is 4.28. The molecule has 7 nitrogen and oxygen atoms in total. The molecule has 0 bridgehead atoms. The summed E-state index contributed by atoms with van der Waals surface area (Å²) < 4.78 is 0. The van der Waals surface area contributed by atoms with Gasteiger partial charge in [-0.3, -0.25) is 9.59 Å². The highest BCUT2D eigenvalue weighted by Gasteiger charge is 2.09. The molecule has 1 heterocycles. The largest absolute Gasteiger partial charge is 0.372 e. The zero-order valence-electron chi connectivity index (χ0n) is 11.4.